The van der Waals surface area contributed by atoms with Gasteiger partial charge in [-0.05, 0) is 20.3 Å². The Labute approximate surface area is 76.4 Å². The number of hydrogen-bond acceptors (Lipinski definition) is 2. The Bertz CT molecular complexity index is 116. The van der Waals surface area contributed by atoms with Gasteiger partial charge in [0.15, 0.2) is 0 Å². The molecule has 0 aromatic rings. The average Bonchev–Trinajstić information content (AvgIpc) is 1.99. The SMILES string of the molecule is CCCO[N+](C)(C(C)C)N(C)C. The molecule has 0 amide bonds. The second-order valence-electron chi connectivity index (χ2n) is 3.72. The number of quaternary nitrogens is 1. The maximum absolute atomic E-state index is 5.77. The Morgan fingerprint density at radius 3 is 2.08 bits per heavy atom. The summed E-state index contributed by atoms with van der Waals surface area (Å²) in [5.41, 5.74) is 0. The van der Waals surface area contributed by atoms with E-state index in [1.807, 2.05) is 14.1 Å². The van der Waals surface area contributed by atoms with E-state index in [2.05, 4.69) is 32.8 Å². The fourth-order valence-electron chi connectivity index (χ4n) is 1.00. The third kappa shape index (κ3) is 2.73. The third-order valence-electron chi connectivity index (χ3n) is 2.31. The van der Waals surface area contributed by atoms with Crippen LogP contribution in [0.1, 0.15) is 27.2 Å². The van der Waals surface area contributed by atoms with Crippen LogP contribution >= 0.6 is 0 Å². The van der Waals surface area contributed by atoms with Gasteiger partial charge in [-0.2, -0.15) is 4.84 Å². The Morgan fingerprint density at radius 2 is 1.83 bits per heavy atom. The first-order valence-corrected chi connectivity index (χ1v) is 4.63. The highest BCUT2D eigenvalue weighted by Gasteiger charge is 2.31. The average molecular weight is 175 g/mol. The molecule has 0 fully saturated rings. The standard InChI is InChI=1S/C9H23N2O/c1-7-8-12-11(6,9(2)3)10(4)5/h9H,7-8H2,1-6H3/q+1. The van der Waals surface area contributed by atoms with Gasteiger partial charge in [0, 0.05) is 14.1 Å². The Balaban J connectivity index is 4.19. The van der Waals surface area contributed by atoms with E-state index in [0.717, 1.165) is 13.0 Å². The topological polar surface area (TPSA) is 12.5 Å². The van der Waals surface area contributed by atoms with E-state index in [1.54, 1.807) is 0 Å². The highest BCUT2D eigenvalue weighted by molar-refractivity contribution is 4.32. The monoisotopic (exact) mass is 175 g/mol. The van der Waals surface area contributed by atoms with Crippen molar-refractivity contribution in [3.05, 3.63) is 0 Å². The molecule has 1 atom stereocenters. The molecule has 0 bridgehead atoms. The lowest BCUT2D eigenvalue weighted by Crippen LogP contribution is -2.58. The van der Waals surface area contributed by atoms with Crippen molar-refractivity contribution in [2.45, 2.75) is 33.2 Å². The molecule has 0 heterocycles. The molecule has 0 aliphatic rings. The lowest BCUT2D eigenvalue weighted by atomic mass is 10.4. The maximum atomic E-state index is 5.77. The van der Waals surface area contributed by atoms with Crippen LogP contribution in [0.15, 0.2) is 0 Å². The van der Waals surface area contributed by atoms with Crippen LogP contribution < -0.4 is 0 Å². The van der Waals surface area contributed by atoms with Crippen LogP contribution in [-0.2, 0) is 4.84 Å². The van der Waals surface area contributed by atoms with Crippen LogP contribution in [0.3, 0.4) is 0 Å². The first-order chi connectivity index (χ1) is 5.45. The zero-order chi connectivity index (χ0) is 9.78. The normalized spacial score (nSPS) is 17.0. The second kappa shape index (κ2) is 4.80. The zero-order valence-corrected chi connectivity index (χ0v) is 9.29. The lowest BCUT2D eigenvalue weighted by Gasteiger charge is -2.39. The highest BCUT2D eigenvalue weighted by Crippen LogP contribution is 2.13. The van der Waals surface area contributed by atoms with Gasteiger partial charge in [0.2, 0.25) is 0 Å². The van der Waals surface area contributed by atoms with E-state index >= 15 is 0 Å². The molecule has 0 N–H and O–H groups in total. The molecule has 0 aromatic heterocycles. The summed E-state index contributed by atoms with van der Waals surface area (Å²) >= 11 is 0. The summed E-state index contributed by atoms with van der Waals surface area (Å²) in [5.74, 6) is 0. The van der Waals surface area contributed by atoms with Crippen molar-refractivity contribution >= 4 is 0 Å². The van der Waals surface area contributed by atoms with Gasteiger partial charge in [-0.3, -0.25) is 0 Å². The van der Waals surface area contributed by atoms with Crippen molar-refractivity contribution in [2.24, 2.45) is 0 Å². The van der Waals surface area contributed by atoms with Crippen molar-refractivity contribution in [3.8, 4) is 0 Å². The molecule has 0 rings (SSSR count). The lowest BCUT2D eigenvalue weighted by molar-refractivity contribution is -1.19. The van der Waals surface area contributed by atoms with E-state index in [0.29, 0.717) is 10.8 Å². The van der Waals surface area contributed by atoms with Crippen LogP contribution in [0.5, 0.6) is 0 Å². The molecular formula is C9H23N2O+. The van der Waals surface area contributed by atoms with Crippen molar-refractivity contribution < 1.29 is 9.59 Å². The van der Waals surface area contributed by atoms with Crippen molar-refractivity contribution in [1.82, 2.24) is 5.01 Å². The fraction of sp³-hybridized carbons (Fsp3) is 1.00. The van der Waals surface area contributed by atoms with Gasteiger partial charge in [0.1, 0.15) is 19.7 Å². The summed E-state index contributed by atoms with van der Waals surface area (Å²) in [4.78, 5) is 5.77. The molecule has 0 aromatic carbocycles. The largest absolute Gasteiger partial charge is 0.182 e. The molecule has 3 heteroatoms. The van der Waals surface area contributed by atoms with Crippen molar-refractivity contribution in [2.75, 3.05) is 27.7 Å². The summed E-state index contributed by atoms with van der Waals surface area (Å²) < 4.78 is 0.549. The molecular weight excluding hydrogens is 152 g/mol. The van der Waals surface area contributed by atoms with Crippen molar-refractivity contribution in [3.63, 3.8) is 0 Å². The number of nitrogens with zero attached hydrogens (tertiary/aromatic N) is 2. The molecule has 0 radical (unpaired) electrons. The number of hydrogen-bond donors (Lipinski definition) is 0. The first kappa shape index (κ1) is 11.9. The molecule has 74 valence electrons. The maximum Gasteiger partial charge on any atom is 0.133 e. The summed E-state index contributed by atoms with van der Waals surface area (Å²) in [6, 6.07) is 0.451. The molecule has 0 saturated heterocycles. The predicted molar refractivity (Wildman–Crippen MR) is 51.3 cm³/mol. The minimum absolute atomic E-state index is 0.451. The van der Waals surface area contributed by atoms with E-state index in [4.69, 9.17) is 4.84 Å². The summed E-state index contributed by atoms with van der Waals surface area (Å²) in [5, 5.41) is 2.08. The van der Waals surface area contributed by atoms with Gasteiger partial charge in [0.05, 0.1) is 0 Å². The Hall–Kier alpha value is -0.120. The molecule has 0 aliphatic carbocycles. The van der Waals surface area contributed by atoms with E-state index in [1.165, 1.54) is 0 Å². The molecule has 0 spiro atoms. The first-order valence-electron chi connectivity index (χ1n) is 4.63. The van der Waals surface area contributed by atoms with E-state index in [9.17, 15) is 0 Å². The number of hydroxylamine groups is 2. The molecule has 0 aliphatic heterocycles. The molecule has 12 heavy (non-hydrogen) atoms. The summed E-state index contributed by atoms with van der Waals surface area (Å²) in [7, 11) is 6.16. The second-order valence-corrected chi connectivity index (χ2v) is 3.72. The minimum atomic E-state index is 0.451. The Morgan fingerprint density at radius 1 is 1.33 bits per heavy atom. The smallest absolute Gasteiger partial charge is 0.133 e. The summed E-state index contributed by atoms with van der Waals surface area (Å²) in [6.45, 7) is 7.26. The molecule has 3 nitrogen and oxygen atoms in total. The van der Waals surface area contributed by atoms with Gasteiger partial charge in [-0.1, -0.05) is 6.92 Å². The van der Waals surface area contributed by atoms with Crippen LogP contribution in [-0.4, -0.2) is 43.6 Å². The minimum Gasteiger partial charge on any atom is -0.182 e. The quantitative estimate of drug-likeness (QED) is 0.465. The van der Waals surface area contributed by atoms with E-state index in [-0.39, 0.29) is 0 Å². The van der Waals surface area contributed by atoms with E-state index < -0.39 is 0 Å². The van der Waals surface area contributed by atoms with Gasteiger partial charge in [0.25, 0.3) is 0 Å². The number of rotatable bonds is 5. The molecule has 1 unspecified atom stereocenters. The van der Waals surface area contributed by atoms with Gasteiger partial charge < -0.3 is 0 Å². The summed E-state index contributed by atoms with van der Waals surface area (Å²) in [6.07, 6.45) is 1.06. The van der Waals surface area contributed by atoms with Crippen LogP contribution in [0.25, 0.3) is 0 Å². The van der Waals surface area contributed by atoms with Crippen LogP contribution in [0.4, 0.5) is 0 Å². The third-order valence-corrected chi connectivity index (χ3v) is 2.31. The van der Waals surface area contributed by atoms with Crippen LogP contribution in [0, 0.1) is 0 Å². The van der Waals surface area contributed by atoms with Gasteiger partial charge >= 0.3 is 0 Å². The predicted octanol–water partition coefficient (Wildman–Crippen LogP) is 1.66. The fourth-order valence-corrected chi connectivity index (χ4v) is 1.00. The highest BCUT2D eigenvalue weighted by atomic mass is 16.8. The Kier molecular flexibility index (Phi) is 4.75. The zero-order valence-electron chi connectivity index (χ0n) is 9.29. The van der Waals surface area contributed by atoms with Crippen LogP contribution in [0.2, 0.25) is 0 Å². The van der Waals surface area contributed by atoms with Gasteiger partial charge in [-0.25, -0.2) is 0 Å². The van der Waals surface area contributed by atoms with Gasteiger partial charge in [-0.15, -0.1) is 9.76 Å². The molecule has 0 saturated carbocycles. The van der Waals surface area contributed by atoms with Crippen molar-refractivity contribution in [1.29, 1.82) is 0 Å².